The van der Waals surface area contributed by atoms with E-state index in [-0.39, 0.29) is 11.9 Å². The maximum absolute atomic E-state index is 13.9. The molecule has 0 radical (unpaired) electrons. The Morgan fingerprint density at radius 3 is 2.29 bits per heavy atom. The highest BCUT2D eigenvalue weighted by Crippen LogP contribution is 2.34. The van der Waals surface area contributed by atoms with E-state index in [9.17, 15) is 4.39 Å². The van der Waals surface area contributed by atoms with Crippen LogP contribution in [0.4, 0.5) is 4.39 Å². The Morgan fingerprint density at radius 1 is 1.05 bits per heavy atom. The van der Waals surface area contributed by atoms with Gasteiger partial charge in [0.25, 0.3) is 0 Å². The van der Waals surface area contributed by atoms with Gasteiger partial charge in [0.2, 0.25) is 0 Å². The third-order valence-electron chi connectivity index (χ3n) is 4.04. The number of ether oxygens (including phenoxy) is 1. The van der Waals surface area contributed by atoms with Gasteiger partial charge in [-0.2, -0.15) is 0 Å². The maximum Gasteiger partial charge on any atom is 0.127 e. The van der Waals surface area contributed by atoms with E-state index >= 15 is 0 Å². The average molecular weight is 287 g/mol. The molecule has 0 saturated carbocycles. The second-order valence-electron chi connectivity index (χ2n) is 5.36. The Balaban J connectivity index is 2.56. The Labute approximate surface area is 126 Å². The molecule has 0 aliphatic rings. The minimum absolute atomic E-state index is 0.102. The Morgan fingerprint density at radius 2 is 1.71 bits per heavy atom. The molecule has 1 N–H and O–H groups in total. The summed E-state index contributed by atoms with van der Waals surface area (Å²) in [7, 11) is 3.55. The van der Waals surface area contributed by atoms with Gasteiger partial charge < -0.3 is 10.1 Å². The summed E-state index contributed by atoms with van der Waals surface area (Å²) in [6.45, 7) is 5.87. The van der Waals surface area contributed by atoms with Crippen molar-refractivity contribution in [2.45, 2.75) is 26.8 Å². The molecule has 112 valence electrons. The van der Waals surface area contributed by atoms with Crippen LogP contribution in [0.5, 0.6) is 5.75 Å². The van der Waals surface area contributed by atoms with Crippen LogP contribution in [-0.4, -0.2) is 14.2 Å². The molecule has 0 amide bonds. The number of benzene rings is 2. The fourth-order valence-corrected chi connectivity index (χ4v) is 2.60. The van der Waals surface area contributed by atoms with Crippen molar-refractivity contribution in [1.82, 2.24) is 5.32 Å². The molecule has 2 aromatic rings. The van der Waals surface area contributed by atoms with E-state index in [4.69, 9.17) is 4.74 Å². The summed E-state index contributed by atoms with van der Waals surface area (Å²) >= 11 is 0. The third-order valence-corrected chi connectivity index (χ3v) is 4.04. The maximum atomic E-state index is 13.9. The van der Waals surface area contributed by atoms with Crippen LogP contribution in [0.3, 0.4) is 0 Å². The molecule has 0 aromatic heterocycles. The smallest absolute Gasteiger partial charge is 0.127 e. The summed E-state index contributed by atoms with van der Waals surface area (Å²) < 4.78 is 19.4. The fraction of sp³-hybridized carbons (Fsp3) is 0.333. The molecular formula is C18H22FNO. The molecule has 0 saturated heterocycles. The van der Waals surface area contributed by atoms with Crippen LogP contribution in [-0.2, 0) is 0 Å². The summed E-state index contributed by atoms with van der Waals surface area (Å²) in [6, 6.07) is 9.36. The van der Waals surface area contributed by atoms with E-state index in [0.29, 0.717) is 5.56 Å². The SMILES string of the molecule is CNC(c1ccc(C)c(F)c1)c1ccc(C)c(C)c1OC. The molecule has 0 aliphatic heterocycles. The highest BCUT2D eigenvalue weighted by Gasteiger charge is 2.19. The van der Waals surface area contributed by atoms with Gasteiger partial charge in [-0.3, -0.25) is 0 Å². The van der Waals surface area contributed by atoms with Crippen LogP contribution in [0.2, 0.25) is 0 Å². The summed E-state index contributed by atoms with van der Waals surface area (Å²) in [4.78, 5) is 0. The molecule has 2 aromatic carbocycles. The number of halogens is 1. The summed E-state index contributed by atoms with van der Waals surface area (Å²) in [6.07, 6.45) is 0. The fourth-order valence-electron chi connectivity index (χ4n) is 2.60. The number of aryl methyl sites for hydroxylation is 2. The lowest BCUT2D eigenvalue weighted by Gasteiger charge is -2.22. The first kappa shape index (κ1) is 15.5. The van der Waals surface area contributed by atoms with Gasteiger partial charge >= 0.3 is 0 Å². The second kappa shape index (κ2) is 6.27. The van der Waals surface area contributed by atoms with Crippen LogP contribution in [0.25, 0.3) is 0 Å². The Hall–Kier alpha value is -1.87. The van der Waals surface area contributed by atoms with E-state index in [1.807, 2.05) is 32.2 Å². The van der Waals surface area contributed by atoms with Crippen molar-refractivity contribution in [2.75, 3.05) is 14.2 Å². The summed E-state index contributed by atoms with van der Waals surface area (Å²) in [5.74, 6) is 0.672. The topological polar surface area (TPSA) is 21.3 Å². The monoisotopic (exact) mass is 287 g/mol. The Kier molecular flexibility index (Phi) is 4.63. The molecule has 1 unspecified atom stereocenters. The highest BCUT2D eigenvalue weighted by atomic mass is 19.1. The van der Waals surface area contributed by atoms with Gasteiger partial charge in [-0.25, -0.2) is 4.39 Å². The van der Waals surface area contributed by atoms with Crippen molar-refractivity contribution in [3.05, 3.63) is 64.0 Å². The number of nitrogens with one attached hydrogen (secondary N) is 1. The van der Waals surface area contributed by atoms with Crippen molar-refractivity contribution in [2.24, 2.45) is 0 Å². The highest BCUT2D eigenvalue weighted by molar-refractivity contribution is 5.49. The van der Waals surface area contributed by atoms with Crippen LogP contribution >= 0.6 is 0 Å². The van der Waals surface area contributed by atoms with E-state index in [1.165, 1.54) is 5.56 Å². The zero-order valence-electron chi connectivity index (χ0n) is 13.3. The average Bonchev–Trinajstić information content (AvgIpc) is 2.47. The molecule has 0 spiro atoms. The molecule has 2 rings (SSSR count). The largest absolute Gasteiger partial charge is 0.496 e. The van der Waals surface area contributed by atoms with Crippen molar-refractivity contribution < 1.29 is 9.13 Å². The van der Waals surface area contributed by atoms with Crippen LogP contribution in [0.15, 0.2) is 30.3 Å². The number of hydrogen-bond acceptors (Lipinski definition) is 2. The predicted molar refractivity (Wildman–Crippen MR) is 84.5 cm³/mol. The van der Waals surface area contributed by atoms with Gasteiger partial charge in [0, 0.05) is 5.56 Å². The van der Waals surface area contributed by atoms with Gasteiger partial charge in [0.05, 0.1) is 13.2 Å². The molecule has 21 heavy (non-hydrogen) atoms. The zero-order valence-corrected chi connectivity index (χ0v) is 13.3. The molecule has 0 aliphatic carbocycles. The van der Waals surface area contributed by atoms with Gasteiger partial charge in [-0.15, -0.1) is 0 Å². The lowest BCUT2D eigenvalue weighted by atomic mass is 9.93. The van der Waals surface area contributed by atoms with Crippen molar-refractivity contribution in [3.63, 3.8) is 0 Å². The van der Waals surface area contributed by atoms with E-state index in [0.717, 1.165) is 22.4 Å². The van der Waals surface area contributed by atoms with Crippen molar-refractivity contribution in [1.29, 1.82) is 0 Å². The summed E-state index contributed by atoms with van der Waals surface area (Å²) in [5, 5.41) is 3.26. The first-order valence-electron chi connectivity index (χ1n) is 7.07. The van der Waals surface area contributed by atoms with Crippen LogP contribution < -0.4 is 10.1 Å². The van der Waals surface area contributed by atoms with E-state index < -0.39 is 0 Å². The molecular weight excluding hydrogens is 265 g/mol. The third kappa shape index (κ3) is 2.93. The molecule has 3 heteroatoms. The molecule has 0 heterocycles. The van der Waals surface area contributed by atoms with Gasteiger partial charge in [-0.05, 0) is 56.1 Å². The predicted octanol–water partition coefficient (Wildman–Crippen LogP) is 4.07. The minimum Gasteiger partial charge on any atom is -0.496 e. The number of hydrogen-bond donors (Lipinski definition) is 1. The molecule has 0 bridgehead atoms. The Bertz CT molecular complexity index is 652. The van der Waals surface area contributed by atoms with Gasteiger partial charge in [0.15, 0.2) is 0 Å². The standard InChI is InChI=1S/C18H22FNO/c1-11-7-9-15(18(21-5)13(11)3)17(20-4)14-8-6-12(2)16(19)10-14/h6-10,17,20H,1-5H3. The minimum atomic E-state index is -0.185. The normalized spacial score (nSPS) is 12.3. The van der Waals surface area contributed by atoms with Crippen molar-refractivity contribution in [3.8, 4) is 5.75 Å². The van der Waals surface area contributed by atoms with Gasteiger partial charge in [-0.1, -0.05) is 24.3 Å². The quantitative estimate of drug-likeness (QED) is 0.915. The lowest BCUT2D eigenvalue weighted by Crippen LogP contribution is -2.19. The molecule has 0 fully saturated rings. The first-order valence-corrected chi connectivity index (χ1v) is 7.07. The van der Waals surface area contributed by atoms with Crippen LogP contribution in [0.1, 0.15) is 33.9 Å². The number of methoxy groups -OCH3 is 1. The first-order chi connectivity index (χ1) is 9.99. The van der Waals surface area contributed by atoms with Crippen molar-refractivity contribution >= 4 is 0 Å². The number of rotatable bonds is 4. The lowest BCUT2D eigenvalue weighted by molar-refractivity contribution is 0.402. The van der Waals surface area contributed by atoms with E-state index in [2.05, 4.69) is 18.3 Å². The van der Waals surface area contributed by atoms with Crippen LogP contribution in [0, 0.1) is 26.6 Å². The zero-order chi connectivity index (χ0) is 15.6. The van der Waals surface area contributed by atoms with E-state index in [1.54, 1.807) is 20.1 Å². The van der Waals surface area contributed by atoms with Gasteiger partial charge in [0.1, 0.15) is 11.6 Å². The molecule has 2 nitrogen and oxygen atoms in total. The summed E-state index contributed by atoms with van der Waals surface area (Å²) in [5.41, 5.74) is 4.86. The molecule has 1 atom stereocenters. The second-order valence-corrected chi connectivity index (χ2v) is 5.36.